The maximum atomic E-state index is 10.9. The lowest BCUT2D eigenvalue weighted by Gasteiger charge is -2.34. The molecule has 1 N–H and O–H groups in total. The molecule has 7 nitrogen and oxygen atoms in total. The Morgan fingerprint density at radius 2 is 1.68 bits per heavy atom. The molecule has 0 bridgehead atoms. The number of carbonyl (C=O) groups is 1. The second-order valence-corrected chi connectivity index (χ2v) is 6.67. The molecule has 1 aliphatic heterocycles. The lowest BCUT2D eigenvalue weighted by Crippen LogP contribution is -2.48. The topological polar surface area (TPSA) is 82.5 Å². The smallest absolute Gasteiger partial charge is 0.317 e. The third kappa shape index (κ3) is 4.15. The van der Waals surface area contributed by atoms with Gasteiger partial charge in [-0.3, -0.25) is 14.7 Å². The van der Waals surface area contributed by atoms with E-state index in [1.54, 1.807) is 6.20 Å². The minimum Gasteiger partial charge on any atom is -0.480 e. The highest BCUT2D eigenvalue weighted by molar-refractivity contribution is 5.69. The van der Waals surface area contributed by atoms with Crippen molar-refractivity contribution in [2.75, 3.05) is 37.6 Å². The van der Waals surface area contributed by atoms with Crippen molar-refractivity contribution in [2.45, 2.75) is 0 Å². The van der Waals surface area contributed by atoms with Gasteiger partial charge in [0.05, 0.1) is 17.9 Å². The SMILES string of the molecule is O=C(O)CN1CCN(c2cc(-c3ccccn3)nc(-c3ccccc3)n2)CC1. The molecule has 0 unspecified atom stereocenters. The average Bonchev–Trinajstić information content (AvgIpc) is 2.75. The van der Waals surface area contributed by atoms with Gasteiger partial charge in [0, 0.05) is 44.0 Å². The Morgan fingerprint density at radius 1 is 0.929 bits per heavy atom. The highest BCUT2D eigenvalue weighted by Gasteiger charge is 2.21. The summed E-state index contributed by atoms with van der Waals surface area (Å²) in [6, 6.07) is 17.6. The fraction of sp³-hybridized carbons (Fsp3) is 0.238. The molecule has 0 spiro atoms. The molecule has 0 saturated carbocycles. The highest BCUT2D eigenvalue weighted by Crippen LogP contribution is 2.25. The predicted molar refractivity (Wildman–Crippen MR) is 107 cm³/mol. The first-order chi connectivity index (χ1) is 13.7. The van der Waals surface area contributed by atoms with E-state index in [0.717, 1.165) is 35.9 Å². The Labute approximate surface area is 163 Å². The molecule has 3 heterocycles. The molecule has 28 heavy (non-hydrogen) atoms. The van der Waals surface area contributed by atoms with Crippen molar-refractivity contribution in [1.82, 2.24) is 19.9 Å². The van der Waals surface area contributed by atoms with Gasteiger partial charge in [-0.05, 0) is 12.1 Å². The number of aromatic nitrogens is 3. The molecular weight excluding hydrogens is 354 g/mol. The van der Waals surface area contributed by atoms with E-state index in [1.165, 1.54) is 0 Å². The van der Waals surface area contributed by atoms with Crippen molar-refractivity contribution in [3.8, 4) is 22.8 Å². The van der Waals surface area contributed by atoms with Crippen LogP contribution in [-0.4, -0.2) is 63.7 Å². The normalized spacial score (nSPS) is 14.8. The number of carboxylic acids is 1. The van der Waals surface area contributed by atoms with Crippen molar-refractivity contribution in [3.05, 3.63) is 60.8 Å². The lowest BCUT2D eigenvalue weighted by molar-refractivity contribution is -0.138. The largest absolute Gasteiger partial charge is 0.480 e. The van der Waals surface area contributed by atoms with Gasteiger partial charge in [0.2, 0.25) is 0 Å². The van der Waals surface area contributed by atoms with Crippen molar-refractivity contribution in [3.63, 3.8) is 0 Å². The van der Waals surface area contributed by atoms with Gasteiger partial charge in [-0.1, -0.05) is 36.4 Å². The minimum absolute atomic E-state index is 0.0755. The number of nitrogens with zero attached hydrogens (tertiary/aromatic N) is 5. The summed E-state index contributed by atoms with van der Waals surface area (Å²) in [5.74, 6) is 0.704. The standard InChI is InChI=1S/C21H21N5O2/c27-20(28)15-25-10-12-26(13-11-25)19-14-18(17-8-4-5-9-22-17)23-21(24-19)16-6-2-1-3-7-16/h1-9,14H,10-13,15H2,(H,27,28). The molecule has 0 atom stereocenters. The second-order valence-electron chi connectivity index (χ2n) is 6.67. The van der Waals surface area contributed by atoms with Gasteiger partial charge in [0.1, 0.15) is 5.82 Å². The van der Waals surface area contributed by atoms with Crippen molar-refractivity contribution in [2.24, 2.45) is 0 Å². The monoisotopic (exact) mass is 375 g/mol. The van der Waals surface area contributed by atoms with Crippen LogP contribution >= 0.6 is 0 Å². The van der Waals surface area contributed by atoms with Crippen LogP contribution in [0.25, 0.3) is 22.8 Å². The lowest BCUT2D eigenvalue weighted by atomic mass is 10.2. The summed E-state index contributed by atoms with van der Waals surface area (Å²) >= 11 is 0. The van der Waals surface area contributed by atoms with Crippen LogP contribution in [0.2, 0.25) is 0 Å². The zero-order valence-electron chi connectivity index (χ0n) is 15.4. The molecule has 142 valence electrons. The van der Waals surface area contributed by atoms with Crippen LogP contribution in [0.1, 0.15) is 0 Å². The summed E-state index contributed by atoms with van der Waals surface area (Å²) in [7, 11) is 0. The van der Waals surface area contributed by atoms with Gasteiger partial charge >= 0.3 is 5.97 Å². The van der Waals surface area contributed by atoms with Crippen LogP contribution in [0, 0.1) is 0 Å². The molecular formula is C21H21N5O2. The predicted octanol–water partition coefficient (Wildman–Crippen LogP) is 2.41. The minimum atomic E-state index is -0.792. The van der Waals surface area contributed by atoms with Crippen LogP contribution in [0.3, 0.4) is 0 Å². The van der Waals surface area contributed by atoms with Crippen molar-refractivity contribution < 1.29 is 9.90 Å². The molecule has 3 aromatic rings. The fourth-order valence-corrected chi connectivity index (χ4v) is 3.28. The van der Waals surface area contributed by atoms with E-state index in [9.17, 15) is 4.79 Å². The summed E-state index contributed by atoms with van der Waals surface area (Å²) < 4.78 is 0. The Morgan fingerprint density at radius 3 is 2.36 bits per heavy atom. The highest BCUT2D eigenvalue weighted by atomic mass is 16.4. The van der Waals surface area contributed by atoms with E-state index in [2.05, 4.69) is 9.88 Å². The second kappa shape index (κ2) is 8.14. The number of anilines is 1. The molecule has 1 fully saturated rings. The number of aliphatic carboxylic acids is 1. The molecule has 2 aromatic heterocycles. The van der Waals surface area contributed by atoms with Gasteiger partial charge in [-0.25, -0.2) is 9.97 Å². The maximum Gasteiger partial charge on any atom is 0.317 e. The summed E-state index contributed by atoms with van der Waals surface area (Å²) in [4.78, 5) is 29.0. The molecule has 4 rings (SSSR count). The van der Waals surface area contributed by atoms with E-state index < -0.39 is 5.97 Å². The van der Waals surface area contributed by atoms with Gasteiger partial charge < -0.3 is 10.0 Å². The van der Waals surface area contributed by atoms with Crippen LogP contribution in [-0.2, 0) is 4.79 Å². The Kier molecular flexibility index (Phi) is 5.25. The molecule has 7 heteroatoms. The zero-order valence-corrected chi connectivity index (χ0v) is 15.4. The number of piperazine rings is 1. The van der Waals surface area contributed by atoms with Gasteiger partial charge in [-0.15, -0.1) is 0 Å². The van der Waals surface area contributed by atoms with E-state index in [1.807, 2.05) is 59.5 Å². The summed E-state index contributed by atoms with van der Waals surface area (Å²) in [6.45, 7) is 2.90. The molecule has 0 radical (unpaired) electrons. The van der Waals surface area contributed by atoms with E-state index >= 15 is 0 Å². The zero-order chi connectivity index (χ0) is 19.3. The molecule has 1 aliphatic rings. The Bertz CT molecular complexity index is 884. The number of hydrogen-bond acceptors (Lipinski definition) is 6. The van der Waals surface area contributed by atoms with Crippen molar-refractivity contribution >= 4 is 11.8 Å². The molecule has 1 saturated heterocycles. The number of rotatable bonds is 5. The molecule has 0 amide bonds. The summed E-state index contributed by atoms with van der Waals surface area (Å²) in [5, 5.41) is 8.99. The third-order valence-corrected chi connectivity index (χ3v) is 4.73. The third-order valence-electron chi connectivity index (χ3n) is 4.73. The first-order valence-corrected chi connectivity index (χ1v) is 9.24. The number of hydrogen-bond donors (Lipinski definition) is 1. The Balaban J connectivity index is 1.66. The number of carboxylic acid groups (broad SMARTS) is 1. The number of benzene rings is 1. The summed E-state index contributed by atoms with van der Waals surface area (Å²) in [5.41, 5.74) is 2.52. The molecule has 1 aromatic carbocycles. The first-order valence-electron chi connectivity index (χ1n) is 9.24. The Hall–Kier alpha value is -3.32. The number of pyridine rings is 1. The van der Waals surface area contributed by atoms with Gasteiger partial charge in [-0.2, -0.15) is 0 Å². The van der Waals surface area contributed by atoms with Crippen LogP contribution in [0.5, 0.6) is 0 Å². The van der Waals surface area contributed by atoms with Crippen LogP contribution < -0.4 is 4.90 Å². The van der Waals surface area contributed by atoms with Gasteiger partial charge in [0.25, 0.3) is 0 Å². The van der Waals surface area contributed by atoms with Crippen LogP contribution in [0.15, 0.2) is 60.8 Å². The van der Waals surface area contributed by atoms with Crippen molar-refractivity contribution in [1.29, 1.82) is 0 Å². The maximum absolute atomic E-state index is 10.9. The van der Waals surface area contributed by atoms with E-state index in [0.29, 0.717) is 18.9 Å². The van der Waals surface area contributed by atoms with Gasteiger partial charge in [0.15, 0.2) is 5.82 Å². The summed E-state index contributed by atoms with van der Waals surface area (Å²) in [6.07, 6.45) is 1.75. The average molecular weight is 375 g/mol. The van der Waals surface area contributed by atoms with E-state index in [4.69, 9.17) is 15.1 Å². The quantitative estimate of drug-likeness (QED) is 0.733. The van der Waals surface area contributed by atoms with Crippen LogP contribution in [0.4, 0.5) is 5.82 Å². The molecule has 0 aliphatic carbocycles. The van der Waals surface area contributed by atoms with E-state index in [-0.39, 0.29) is 6.54 Å². The first kappa shape index (κ1) is 18.1. The fourth-order valence-electron chi connectivity index (χ4n) is 3.28.